The molecule has 2 aliphatic rings. The summed E-state index contributed by atoms with van der Waals surface area (Å²) in [5.41, 5.74) is 2.57. The Morgan fingerprint density at radius 1 is 1.53 bits per heavy atom. The monoisotopic (exact) mass is 262 g/mol. The molecule has 2 aliphatic heterocycles. The van der Waals surface area contributed by atoms with Gasteiger partial charge < -0.3 is 19.9 Å². The Hall–Kier alpha value is -1.75. The van der Waals surface area contributed by atoms with Crippen molar-refractivity contribution in [3.8, 4) is 5.75 Å². The fourth-order valence-electron chi connectivity index (χ4n) is 3.48. The van der Waals surface area contributed by atoms with Gasteiger partial charge in [-0.25, -0.2) is 4.79 Å². The van der Waals surface area contributed by atoms with Crippen molar-refractivity contribution < 1.29 is 14.4 Å². The highest BCUT2D eigenvalue weighted by molar-refractivity contribution is 5.71. The van der Waals surface area contributed by atoms with Gasteiger partial charge in [0.25, 0.3) is 0 Å². The summed E-state index contributed by atoms with van der Waals surface area (Å²) in [4.78, 5) is 15.2. The number of nitrogens with zero attached hydrogens (tertiary/aromatic N) is 1. The molecule has 0 saturated carbocycles. The highest BCUT2D eigenvalue weighted by Gasteiger charge is 2.46. The number of carbonyl (C=O) groups excluding carboxylic acids is 1. The fourth-order valence-corrected chi connectivity index (χ4v) is 3.48. The van der Waals surface area contributed by atoms with Crippen LogP contribution in [0.5, 0.6) is 5.75 Å². The van der Waals surface area contributed by atoms with E-state index in [-0.39, 0.29) is 0 Å². The van der Waals surface area contributed by atoms with Gasteiger partial charge in [-0.05, 0) is 23.8 Å². The molecule has 2 heterocycles. The first-order valence-corrected chi connectivity index (χ1v) is 6.70. The number of amides is 1. The number of likely N-dealkylation sites (tertiary alicyclic amines) is 1. The molecule has 5 heteroatoms. The van der Waals surface area contributed by atoms with Gasteiger partial charge in [0.1, 0.15) is 5.75 Å². The molecular formula is C14H20N3O2+. The number of nitrogens with one attached hydrogen (secondary N) is 2. The number of fused-ring (bicyclic) bond motifs is 3. The summed E-state index contributed by atoms with van der Waals surface area (Å²) < 4.78 is 5.22. The molecule has 102 valence electrons. The van der Waals surface area contributed by atoms with Crippen LogP contribution in [-0.4, -0.2) is 39.9 Å². The normalized spacial score (nSPS) is 27.9. The Kier molecular flexibility index (Phi) is 2.86. The standard InChI is InChI=1S/C14H19N3O2/c1-15-14(18)19-9-4-5-12-11(8-9)10-6-7-16(2)13(10)17(12)3/h4-5,8,10,13H,6-7H2,1-3H3,(H,15,18)/p+1/t10-,13+/m0/s1. The molecule has 1 aromatic rings. The first-order chi connectivity index (χ1) is 9.11. The lowest BCUT2D eigenvalue weighted by Crippen LogP contribution is -3.12. The summed E-state index contributed by atoms with van der Waals surface area (Å²) in [6.45, 7) is 1.19. The lowest BCUT2D eigenvalue weighted by Gasteiger charge is -2.24. The highest BCUT2D eigenvalue weighted by atomic mass is 16.5. The predicted molar refractivity (Wildman–Crippen MR) is 72.8 cm³/mol. The van der Waals surface area contributed by atoms with Gasteiger partial charge in [0.2, 0.25) is 0 Å². The average molecular weight is 262 g/mol. The number of rotatable bonds is 1. The van der Waals surface area contributed by atoms with E-state index in [9.17, 15) is 4.79 Å². The lowest BCUT2D eigenvalue weighted by molar-refractivity contribution is -0.891. The van der Waals surface area contributed by atoms with Crippen molar-refractivity contribution in [3.05, 3.63) is 23.8 Å². The Morgan fingerprint density at radius 2 is 2.32 bits per heavy atom. The molecule has 1 saturated heterocycles. The molecule has 0 aromatic heterocycles. The number of benzene rings is 1. The molecule has 1 aromatic carbocycles. The molecule has 1 amide bonds. The van der Waals surface area contributed by atoms with Crippen LogP contribution < -0.4 is 19.9 Å². The number of hydrogen-bond donors (Lipinski definition) is 2. The number of hydrogen-bond acceptors (Lipinski definition) is 3. The predicted octanol–water partition coefficient (Wildman–Crippen LogP) is 0.183. The molecule has 3 atom stereocenters. The molecule has 1 fully saturated rings. The summed E-state index contributed by atoms with van der Waals surface area (Å²) in [6, 6.07) is 5.94. The largest absolute Gasteiger partial charge is 0.412 e. The second-order valence-corrected chi connectivity index (χ2v) is 5.41. The second-order valence-electron chi connectivity index (χ2n) is 5.41. The summed E-state index contributed by atoms with van der Waals surface area (Å²) in [5, 5.41) is 2.47. The van der Waals surface area contributed by atoms with Gasteiger partial charge in [-0.1, -0.05) is 0 Å². The van der Waals surface area contributed by atoms with Crippen molar-refractivity contribution in [2.24, 2.45) is 0 Å². The van der Waals surface area contributed by atoms with E-state index in [0.29, 0.717) is 17.8 Å². The number of carbonyl (C=O) groups is 1. The quantitative estimate of drug-likeness (QED) is 0.759. The van der Waals surface area contributed by atoms with Gasteiger partial charge in [-0.2, -0.15) is 0 Å². The minimum Gasteiger partial charge on any atom is -0.410 e. The van der Waals surface area contributed by atoms with Crippen LogP contribution in [0.4, 0.5) is 10.5 Å². The summed E-state index contributed by atoms with van der Waals surface area (Å²) in [6.07, 6.45) is 1.29. The van der Waals surface area contributed by atoms with Crippen molar-refractivity contribution in [2.75, 3.05) is 32.6 Å². The molecule has 2 N–H and O–H groups in total. The van der Waals surface area contributed by atoms with Crippen LogP contribution in [0.25, 0.3) is 0 Å². The zero-order valence-corrected chi connectivity index (χ0v) is 11.6. The van der Waals surface area contributed by atoms with Crippen LogP contribution in [0, 0.1) is 0 Å². The third-order valence-corrected chi connectivity index (χ3v) is 4.35. The van der Waals surface area contributed by atoms with Crippen LogP contribution in [0.1, 0.15) is 17.9 Å². The zero-order valence-electron chi connectivity index (χ0n) is 11.6. The van der Waals surface area contributed by atoms with E-state index in [2.05, 4.69) is 30.4 Å². The summed E-state index contributed by atoms with van der Waals surface area (Å²) in [7, 11) is 5.96. The smallest absolute Gasteiger partial charge is 0.410 e. The van der Waals surface area contributed by atoms with E-state index in [4.69, 9.17) is 4.74 Å². The van der Waals surface area contributed by atoms with Crippen molar-refractivity contribution in [1.29, 1.82) is 0 Å². The highest BCUT2D eigenvalue weighted by Crippen LogP contribution is 2.42. The van der Waals surface area contributed by atoms with E-state index in [1.807, 2.05) is 12.1 Å². The molecule has 0 bridgehead atoms. The van der Waals surface area contributed by atoms with Crippen LogP contribution in [0.3, 0.4) is 0 Å². The fraction of sp³-hybridized carbons (Fsp3) is 0.500. The van der Waals surface area contributed by atoms with Gasteiger partial charge >= 0.3 is 6.09 Å². The van der Waals surface area contributed by atoms with Gasteiger partial charge in [-0.15, -0.1) is 0 Å². The molecule has 0 spiro atoms. The van der Waals surface area contributed by atoms with Crippen molar-refractivity contribution in [1.82, 2.24) is 5.32 Å². The van der Waals surface area contributed by atoms with Crippen LogP contribution in [0.15, 0.2) is 18.2 Å². The van der Waals surface area contributed by atoms with Crippen molar-refractivity contribution in [3.63, 3.8) is 0 Å². The third-order valence-electron chi connectivity index (χ3n) is 4.35. The maximum atomic E-state index is 11.3. The lowest BCUT2D eigenvalue weighted by atomic mass is 9.98. The Labute approximate surface area is 113 Å². The minimum atomic E-state index is -0.419. The van der Waals surface area contributed by atoms with Crippen LogP contribution >= 0.6 is 0 Å². The molecule has 5 nitrogen and oxygen atoms in total. The van der Waals surface area contributed by atoms with Gasteiger partial charge in [0.15, 0.2) is 6.17 Å². The Balaban J connectivity index is 1.92. The Bertz CT molecular complexity index is 517. The molecule has 0 aliphatic carbocycles. The molecule has 1 unspecified atom stereocenters. The maximum absolute atomic E-state index is 11.3. The second kappa shape index (κ2) is 4.42. The SMILES string of the molecule is CNC(=O)Oc1ccc2c(c1)[C@@H]1CC[NH+](C)[C@@H]1N2C. The number of quaternary nitrogens is 1. The number of likely N-dealkylation sites (N-methyl/N-ethyl adjacent to an activating group) is 2. The first kappa shape index (κ1) is 12.3. The van der Waals surface area contributed by atoms with E-state index in [0.717, 1.165) is 0 Å². The summed E-state index contributed by atoms with van der Waals surface area (Å²) in [5.74, 6) is 1.17. The van der Waals surface area contributed by atoms with E-state index >= 15 is 0 Å². The molecule has 3 rings (SSSR count). The van der Waals surface area contributed by atoms with Gasteiger partial charge in [-0.3, -0.25) is 0 Å². The number of ether oxygens (including phenoxy) is 1. The van der Waals surface area contributed by atoms with Gasteiger partial charge in [0.05, 0.1) is 19.5 Å². The van der Waals surface area contributed by atoms with Gasteiger partial charge in [0, 0.05) is 26.2 Å². The minimum absolute atomic E-state index is 0.419. The van der Waals surface area contributed by atoms with Crippen LogP contribution in [0.2, 0.25) is 0 Å². The molecule has 19 heavy (non-hydrogen) atoms. The van der Waals surface area contributed by atoms with Crippen molar-refractivity contribution in [2.45, 2.75) is 18.5 Å². The topological polar surface area (TPSA) is 46.0 Å². The maximum Gasteiger partial charge on any atom is 0.412 e. The summed E-state index contributed by atoms with van der Waals surface area (Å²) >= 11 is 0. The molecular weight excluding hydrogens is 242 g/mol. The zero-order chi connectivity index (χ0) is 13.6. The number of anilines is 1. The molecule has 0 radical (unpaired) electrons. The van der Waals surface area contributed by atoms with Crippen LogP contribution in [-0.2, 0) is 0 Å². The average Bonchev–Trinajstić information content (AvgIpc) is 2.91. The first-order valence-electron chi connectivity index (χ1n) is 6.70. The van der Waals surface area contributed by atoms with Crippen molar-refractivity contribution >= 4 is 11.8 Å². The third kappa shape index (κ3) is 1.85. The van der Waals surface area contributed by atoms with E-state index < -0.39 is 6.09 Å². The Morgan fingerprint density at radius 3 is 3.05 bits per heavy atom. The van der Waals surface area contributed by atoms with E-state index in [1.165, 1.54) is 24.2 Å². The van der Waals surface area contributed by atoms with E-state index in [1.54, 1.807) is 11.9 Å².